The fraction of sp³-hybridized carbons (Fsp3) is 0.300. The fourth-order valence-corrected chi connectivity index (χ4v) is 2.99. The number of amides is 1. The number of hydrogen-bond donors (Lipinski definition) is 1. The van der Waals surface area contributed by atoms with E-state index in [-0.39, 0.29) is 18.6 Å². The van der Waals surface area contributed by atoms with Crippen molar-refractivity contribution in [3.8, 4) is 5.75 Å². The Labute approximate surface area is 160 Å². The average molecular weight is 418 g/mol. The SMILES string of the molecule is COc1ccc(C(NC(=O)COC(=O)c2ccc(Br)cc2)C2CC2)cc1. The number of esters is 1. The first-order chi connectivity index (χ1) is 12.6. The fourth-order valence-electron chi connectivity index (χ4n) is 2.73. The van der Waals surface area contributed by atoms with E-state index in [1.807, 2.05) is 24.3 Å². The average Bonchev–Trinajstić information content (AvgIpc) is 3.50. The van der Waals surface area contributed by atoms with Crippen molar-refractivity contribution in [2.24, 2.45) is 5.92 Å². The second-order valence-electron chi connectivity index (χ2n) is 6.24. The Hall–Kier alpha value is -2.34. The number of carbonyl (C=O) groups excluding carboxylic acids is 2. The summed E-state index contributed by atoms with van der Waals surface area (Å²) in [6, 6.07) is 14.4. The Morgan fingerprint density at radius 2 is 1.77 bits per heavy atom. The Morgan fingerprint density at radius 3 is 2.35 bits per heavy atom. The number of nitrogens with one attached hydrogen (secondary N) is 1. The second-order valence-corrected chi connectivity index (χ2v) is 7.15. The van der Waals surface area contributed by atoms with Crippen molar-refractivity contribution in [2.45, 2.75) is 18.9 Å². The molecule has 1 saturated carbocycles. The normalized spacial score (nSPS) is 14.4. The largest absolute Gasteiger partial charge is 0.497 e. The van der Waals surface area contributed by atoms with E-state index in [0.717, 1.165) is 28.6 Å². The zero-order valence-electron chi connectivity index (χ0n) is 14.4. The maximum atomic E-state index is 12.3. The molecule has 0 radical (unpaired) electrons. The number of ether oxygens (including phenoxy) is 2. The maximum Gasteiger partial charge on any atom is 0.338 e. The van der Waals surface area contributed by atoms with Gasteiger partial charge in [0.05, 0.1) is 18.7 Å². The van der Waals surface area contributed by atoms with Crippen molar-refractivity contribution < 1.29 is 19.1 Å². The number of benzene rings is 2. The predicted octanol–water partition coefficient (Wildman–Crippen LogP) is 3.88. The van der Waals surface area contributed by atoms with Crippen LogP contribution in [-0.4, -0.2) is 25.6 Å². The van der Waals surface area contributed by atoms with E-state index in [1.165, 1.54) is 0 Å². The maximum absolute atomic E-state index is 12.3. The van der Waals surface area contributed by atoms with Gasteiger partial charge in [-0.05, 0) is 60.7 Å². The Bertz CT molecular complexity index is 769. The molecule has 3 rings (SSSR count). The summed E-state index contributed by atoms with van der Waals surface area (Å²) < 4.78 is 11.2. The molecule has 136 valence electrons. The van der Waals surface area contributed by atoms with Crippen molar-refractivity contribution >= 4 is 27.8 Å². The standard InChI is InChI=1S/C20H20BrNO4/c1-25-17-10-6-14(7-11-17)19(13-2-3-13)22-18(23)12-26-20(24)15-4-8-16(21)9-5-15/h4-11,13,19H,2-3,12H2,1H3,(H,22,23). The van der Waals surface area contributed by atoms with Gasteiger partial charge in [0.25, 0.3) is 5.91 Å². The minimum Gasteiger partial charge on any atom is -0.497 e. The van der Waals surface area contributed by atoms with Crippen molar-refractivity contribution in [3.63, 3.8) is 0 Å². The van der Waals surface area contributed by atoms with Crippen LogP contribution in [0.3, 0.4) is 0 Å². The van der Waals surface area contributed by atoms with Crippen molar-refractivity contribution in [3.05, 3.63) is 64.1 Å². The molecule has 1 aliphatic rings. The molecular formula is C20H20BrNO4. The molecule has 2 aromatic rings. The molecule has 1 atom stereocenters. The van der Waals surface area contributed by atoms with Crippen LogP contribution in [0.4, 0.5) is 0 Å². The van der Waals surface area contributed by atoms with Gasteiger partial charge in [0.2, 0.25) is 0 Å². The molecule has 2 aromatic carbocycles. The van der Waals surface area contributed by atoms with Crippen LogP contribution in [0.2, 0.25) is 0 Å². The summed E-state index contributed by atoms with van der Waals surface area (Å²) in [7, 11) is 1.62. The highest BCUT2D eigenvalue weighted by Crippen LogP contribution is 2.41. The molecule has 0 aromatic heterocycles. The quantitative estimate of drug-likeness (QED) is 0.694. The molecule has 1 N–H and O–H groups in total. The lowest BCUT2D eigenvalue weighted by atomic mass is 10.0. The Morgan fingerprint density at radius 1 is 1.12 bits per heavy atom. The van der Waals surface area contributed by atoms with Crippen LogP contribution in [0.1, 0.15) is 34.8 Å². The Kier molecular flexibility index (Phi) is 5.93. The van der Waals surface area contributed by atoms with Crippen LogP contribution in [0.15, 0.2) is 53.0 Å². The van der Waals surface area contributed by atoms with Crippen LogP contribution in [0.5, 0.6) is 5.75 Å². The molecule has 1 aliphatic carbocycles. The van der Waals surface area contributed by atoms with Gasteiger partial charge in [0.1, 0.15) is 5.75 Å². The van der Waals surface area contributed by atoms with Crippen LogP contribution in [0, 0.1) is 5.92 Å². The molecular weight excluding hydrogens is 398 g/mol. The van der Waals surface area contributed by atoms with Crippen LogP contribution in [-0.2, 0) is 9.53 Å². The zero-order valence-corrected chi connectivity index (χ0v) is 16.0. The number of halogens is 1. The van der Waals surface area contributed by atoms with Gasteiger partial charge in [-0.2, -0.15) is 0 Å². The van der Waals surface area contributed by atoms with Gasteiger partial charge in [0.15, 0.2) is 6.61 Å². The first kappa shape index (κ1) is 18.5. The highest BCUT2D eigenvalue weighted by atomic mass is 79.9. The van der Waals surface area contributed by atoms with E-state index in [1.54, 1.807) is 31.4 Å². The molecule has 0 aliphatic heterocycles. The van der Waals surface area contributed by atoms with Crippen LogP contribution < -0.4 is 10.1 Å². The first-order valence-electron chi connectivity index (χ1n) is 8.43. The lowest BCUT2D eigenvalue weighted by Crippen LogP contribution is -2.33. The van der Waals surface area contributed by atoms with E-state index in [9.17, 15) is 9.59 Å². The van der Waals surface area contributed by atoms with E-state index >= 15 is 0 Å². The molecule has 0 bridgehead atoms. The molecule has 5 nitrogen and oxygen atoms in total. The summed E-state index contributed by atoms with van der Waals surface area (Å²) in [5.41, 5.74) is 1.44. The minimum absolute atomic E-state index is 0.0696. The molecule has 0 heterocycles. The summed E-state index contributed by atoms with van der Waals surface area (Å²) in [5.74, 6) is 0.385. The lowest BCUT2D eigenvalue weighted by molar-refractivity contribution is -0.125. The predicted molar refractivity (Wildman–Crippen MR) is 101 cm³/mol. The van der Waals surface area contributed by atoms with E-state index < -0.39 is 5.97 Å². The van der Waals surface area contributed by atoms with Gasteiger partial charge < -0.3 is 14.8 Å². The molecule has 1 amide bonds. The smallest absolute Gasteiger partial charge is 0.338 e. The van der Waals surface area contributed by atoms with Gasteiger partial charge in [-0.3, -0.25) is 4.79 Å². The number of hydrogen-bond acceptors (Lipinski definition) is 4. The van der Waals surface area contributed by atoms with Crippen LogP contribution >= 0.6 is 15.9 Å². The number of rotatable bonds is 7. The van der Waals surface area contributed by atoms with Crippen LogP contribution in [0.25, 0.3) is 0 Å². The number of carbonyl (C=O) groups is 2. The summed E-state index contributed by atoms with van der Waals surface area (Å²) >= 11 is 3.31. The van der Waals surface area contributed by atoms with Gasteiger partial charge in [0, 0.05) is 4.47 Å². The summed E-state index contributed by atoms with van der Waals surface area (Å²) in [6.07, 6.45) is 2.16. The van der Waals surface area contributed by atoms with E-state index in [0.29, 0.717) is 11.5 Å². The number of methoxy groups -OCH3 is 1. The van der Waals surface area contributed by atoms with Gasteiger partial charge in [-0.15, -0.1) is 0 Å². The molecule has 0 saturated heterocycles. The third kappa shape index (κ3) is 4.85. The Balaban J connectivity index is 1.56. The first-order valence-corrected chi connectivity index (χ1v) is 9.22. The van der Waals surface area contributed by atoms with Crippen molar-refractivity contribution in [2.75, 3.05) is 13.7 Å². The summed E-state index contributed by atoms with van der Waals surface area (Å²) in [5, 5.41) is 2.98. The molecule has 1 fully saturated rings. The van der Waals surface area contributed by atoms with Gasteiger partial charge in [-0.1, -0.05) is 28.1 Å². The lowest BCUT2D eigenvalue weighted by Gasteiger charge is -2.19. The van der Waals surface area contributed by atoms with Gasteiger partial charge in [-0.25, -0.2) is 4.79 Å². The zero-order chi connectivity index (χ0) is 18.5. The van der Waals surface area contributed by atoms with Crippen molar-refractivity contribution in [1.82, 2.24) is 5.32 Å². The van der Waals surface area contributed by atoms with Crippen molar-refractivity contribution in [1.29, 1.82) is 0 Å². The van der Waals surface area contributed by atoms with E-state index in [2.05, 4.69) is 21.2 Å². The highest BCUT2D eigenvalue weighted by Gasteiger charge is 2.33. The summed E-state index contributed by atoms with van der Waals surface area (Å²) in [4.78, 5) is 24.3. The van der Waals surface area contributed by atoms with Gasteiger partial charge >= 0.3 is 5.97 Å². The molecule has 0 spiro atoms. The second kappa shape index (κ2) is 8.36. The minimum atomic E-state index is -0.514. The monoisotopic (exact) mass is 417 g/mol. The topological polar surface area (TPSA) is 64.6 Å². The summed E-state index contributed by atoms with van der Waals surface area (Å²) in [6.45, 7) is -0.297. The molecule has 26 heavy (non-hydrogen) atoms. The molecule has 6 heteroatoms. The molecule has 1 unspecified atom stereocenters. The van der Waals surface area contributed by atoms with E-state index in [4.69, 9.17) is 9.47 Å². The third-order valence-electron chi connectivity index (χ3n) is 4.30. The third-order valence-corrected chi connectivity index (χ3v) is 4.83. The highest BCUT2D eigenvalue weighted by molar-refractivity contribution is 9.10.